The Morgan fingerprint density at radius 1 is 1.41 bits per heavy atom. The van der Waals surface area contributed by atoms with E-state index in [2.05, 4.69) is 21.2 Å². The summed E-state index contributed by atoms with van der Waals surface area (Å²) in [7, 11) is -3.11. The molecule has 1 atom stereocenters. The molecule has 0 aromatic heterocycles. The third-order valence-corrected chi connectivity index (χ3v) is 5.72. The number of rotatable bonds is 4. The summed E-state index contributed by atoms with van der Waals surface area (Å²) < 4.78 is 23.9. The molecule has 6 nitrogen and oxygen atoms in total. The Hall–Kier alpha value is -1.41. The van der Waals surface area contributed by atoms with Crippen molar-refractivity contribution in [1.82, 2.24) is 4.90 Å². The first kappa shape index (κ1) is 17.0. The zero-order valence-electron chi connectivity index (χ0n) is 12.1. The first-order valence-corrected chi connectivity index (χ1v) is 9.41. The molecule has 1 aliphatic rings. The van der Waals surface area contributed by atoms with Crippen LogP contribution in [0.1, 0.15) is 13.3 Å². The highest BCUT2D eigenvalue weighted by Gasteiger charge is 2.34. The van der Waals surface area contributed by atoms with E-state index >= 15 is 0 Å². The summed E-state index contributed by atoms with van der Waals surface area (Å²) in [6.45, 7) is 1.19. The fourth-order valence-electron chi connectivity index (χ4n) is 2.44. The smallest absolute Gasteiger partial charge is 0.244 e. The van der Waals surface area contributed by atoms with Crippen molar-refractivity contribution in [1.29, 1.82) is 0 Å². The summed E-state index contributed by atoms with van der Waals surface area (Å²) in [4.78, 5) is 25.1. The van der Waals surface area contributed by atoms with E-state index in [1.165, 1.54) is 11.8 Å². The number of hydrogen-bond donors (Lipinski definition) is 1. The van der Waals surface area contributed by atoms with Crippen LogP contribution in [0.2, 0.25) is 0 Å². The van der Waals surface area contributed by atoms with Gasteiger partial charge >= 0.3 is 0 Å². The van der Waals surface area contributed by atoms with Gasteiger partial charge in [-0.05, 0) is 24.6 Å². The Kier molecular flexibility index (Phi) is 5.23. The van der Waals surface area contributed by atoms with E-state index in [0.717, 1.165) is 4.47 Å². The van der Waals surface area contributed by atoms with E-state index in [1.54, 1.807) is 18.2 Å². The van der Waals surface area contributed by atoms with E-state index in [4.69, 9.17) is 0 Å². The monoisotopic (exact) mass is 388 g/mol. The van der Waals surface area contributed by atoms with Crippen LogP contribution >= 0.6 is 15.9 Å². The van der Waals surface area contributed by atoms with Gasteiger partial charge in [0.15, 0.2) is 9.84 Å². The first-order chi connectivity index (χ1) is 10.3. The number of benzene rings is 1. The van der Waals surface area contributed by atoms with Crippen molar-refractivity contribution in [2.75, 3.05) is 23.4 Å². The van der Waals surface area contributed by atoms with Gasteiger partial charge in [0.25, 0.3) is 0 Å². The summed E-state index contributed by atoms with van der Waals surface area (Å²) in [6, 6.07) is 6.68. The number of carbonyl (C=O) groups excluding carboxylic acids is 2. The van der Waals surface area contributed by atoms with Crippen molar-refractivity contribution >= 4 is 43.3 Å². The lowest BCUT2D eigenvalue weighted by Gasteiger charge is -2.26. The van der Waals surface area contributed by atoms with Gasteiger partial charge in [0.05, 0.1) is 11.5 Å². The van der Waals surface area contributed by atoms with E-state index in [-0.39, 0.29) is 29.9 Å². The number of nitrogens with one attached hydrogen (secondary N) is 1. The molecule has 1 saturated heterocycles. The van der Waals surface area contributed by atoms with Crippen LogP contribution in [0, 0.1) is 0 Å². The maximum atomic E-state index is 12.1. The van der Waals surface area contributed by atoms with Crippen molar-refractivity contribution in [3.8, 4) is 0 Å². The minimum Gasteiger partial charge on any atom is -0.330 e. The lowest BCUT2D eigenvalue weighted by molar-refractivity contribution is -0.134. The molecule has 1 fully saturated rings. The average Bonchev–Trinajstić information content (AvgIpc) is 2.75. The highest BCUT2D eigenvalue weighted by Crippen LogP contribution is 2.19. The number of carbonyl (C=O) groups is 2. The molecule has 1 aromatic carbocycles. The summed E-state index contributed by atoms with van der Waals surface area (Å²) in [5.41, 5.74) is 0.613. The van der Waals surface area contributed by atoms with Crippen LogP contribution in [-0.4, -0.2) is 49.2 Å². The zero-order chi connectivity index (χ0) is 16.3. The third-order valence-electron chi connectivity index (χ3n) is 3.48. The topological polar surface area (TPSA) is 83.6 Å². The number of hydrogen-bond acceptors (Lipinski definition) is 4. The van der Waals surface area contributed by atoms with Crippen molar-refractivity contribution in [3.63, 3.8) is 0 Å². The standard InChI is InChI=1S/C14H17BrN2O4S/c1-10(18)17(13-5-6-22(20,21)9-13)8-14(19)16-12-4-2-3-11(15)7-12/h2-4,7,13H,5-6,8-9H2,1H3,(H,16,19). The van der Waals surface area contributed by atoms with Gasteiger partial charge in [-0.2, -0.15) is 0 Å². The highest BCUT2D eigenvalue weighted by molar-refractivity contribution is 9.10. The molecule has 1 N–H and O–H groups in total. The van der Waals surface area contributed by atoms with Crippen molar-refractivity contribution in [2.45, 2.75) is 19.4 Å². The van der Waals surface area contributed by atoms with Crippen molar-refractivity contribution in [2.24, 2.45) is 0 Å². The average molecular weight is 389 g/mol. The number of halogens is 1. The second-order valence-corrected chi connectivity index (χ2v) is 8.41. The highest BCUT2D eigenvalue weighted by atomic mass is 79.9. The Morgan fingerprint density at radius 2 is 2.14 bits per heavy atom. The molecule has 1 aromatic rings. The Bertz CT molecular complexity index is 690. The van der Waals surface area contributed by atoms with Gasteiger partial charge in [-0.15, -0.1) is 0 Å². The molecule has 0 bridgehead atoms. The van der Waals surface area contributed by atoms with Gasteiger partial charge in [-0.1, -0.05) is 22.0 Å². The lowest BCUT2D eigenvalue weighted by Crippen LogP contribution is -2.44. The minimum absolute atomic E-state index is 0.0642. The number of sulfone groups is 1. The Morgan fingerprint density at radius 3 is 2.68 bits per heavy atom. The predicted octanol–water partition coefficient (Wildman–Crippen LogP) is 1.42. The van der Waals surface area contributed by atoms with Gasteiger partial charge in [0, 0.05) is 23.1 Å². The van der Waals surface area contributed by atoms with Gasteiger partial charge in [0.2, 0.25) is 11.8 Å². The summed E-state index contributed by atoms with van der Waals surface area (Å²) in [5, 5.41) is 2.70. The largest absolute Gasteiger partial charge is 0.330 e. The van der Waals surface area contributed by atoms with Crippen LogP contribution < -0.4 is 5.32 Å². The molecule has 1 aliphatic heterocycles. The molecular weight excluding hydrogens is 372 g/mol. The van der Waals surface area contributed by atoms with Crippen LogP contribution in [0.4, 0.5) is 5.69 Å². The molecule has 2 rings (SSSR count). The van der Waals surface area contributed by atoms with Crippen LogP contribution in [0.15, 0.2) is 28.7 Å². The molecule has 22 heavy (non-hydrogen) atoms. The lowest BCUT2D eigenvalue weighted by atomic mass is 10.2. The molecule has 1 unspecified atom stereocenters. The van der Waals surface area contributed by atoms with Gasteiger partial charge in [-0.25, -0.2) is 8.42 Å². The van der Waals surface area contributed by atoms with E-state index in [0.29, 0.717) is 12.1 Å². The molecule has 0 spiro atoms. The molecule has 120 valence electrons. The molecule has 0 aliphatic carbocycles. The van der Waals surface area contributed by atoms with E-state index < -0.39 is 15.9 Å². The van der Waals surface area contributed by atoms with Crippen LogP contribution in [0.25, 0.3) is 0 Å². The van der Waals surface area contributed by atoms with Gasteiger partial charge in [-0.3, -0.25) is 9.59 Å². The first-order valence-electron chi connectivity index (χ1n) is 6.80. The number of nitrogens with zero attached hydrogens (tertiary/aromatic N) is 1. The fourth-order valence-corrected chi connectivity index (χ4v) is 4.57. The second kappa shape index (κ2) is 6.78. The molecule has 1 heterocycles. The Balaban J connectivity index is 2.02. The van der Waals surface area contributed by atoms with Gasteiger partial charge < -0.3 is 10.2 Å². The predicted molar refractivity (Wildman–Crippen MR) is 87.2 cm³/mol. The summed E-state index contributed by atoms with van der Waals surface area (Å²) >= 11 is 3.31. The number of amides is 2. The van der Waals surface area contributed by atoms with Crippen molar-refractivity contribution in [3.05, 3.63) is 28.7 Å². The van der Waals surface area contributed by atoms with Crippen LogP contribution in [0.5, 0.6) is 0 Å². The zero-order valence-corrected chi connectivity index (χ0v) is 14.5. The second-order valence-electron chi connectivity index (χ2n) is 5.26. The van der Waals surface area contributed by atoms with E-state index in [1.807, 2.05) is 6.07 Å². The molecular formula is C14H17BrN2O4S. The van der Waals surface area contributed by atoms with Gasteiger partial charge in [0.1, 0.15) is 6.54 Å². The van der Waals surface area contributed by atoms with E-state index in [9.17, 15) is 18.0 Å². The van der Waals surface area contributed by atoms with Crippen molar-refractivity contribution < 1.29 is 18.0 Å². The Labute approximate surface area is 137 Å². The summed E-state index contributed by atoms with van der Waals surface area (Å²) in [6.07, 6.45) is 0.381. The fraction of sp³-hybridized carbons (Fsp3) is 0.429. The quantitative estimate of drug-likeness (QED) is 0.845. The van der Waals surface area contributed by atoms with Crippen LogP contribution in [0.3, 0.4) is 0 Å². The maximum Gasteiger partial charge on any atom is 0.244 e. The normalized spacial score (nSPS) is 19.6. The minimum atomic E-state index is -3.11. The number of anilines is 1. The SMILES string of the molecule is CC(=O)N(CC(=O)Nc1cccc(Br)c1)C1CCS(=O)(=O)C1. The molecule has 8 heteroatoms. The maximum absolute atomic E-state index is 12.1. The summed E-state index contributed by atoms with van der Waals surface area (Å²) in [5.74, 6) is -0.657. The molecule has 0 radical (unpaired) electrons. The van der Waals surface area contributed by atoms with Crippen LogP contribution in [-0.2, 0) is 19.4 Å². The molecule has 0 saturated carbocycles. The third kappa shape index (κ3) is 4.54. The molecule has 2 amide bonds.